The van der Waals surface area contributed by atoms with Gasteiger partial charge < -0.3 is 25.2 Å². The lowest BCUT2D eigenvalue weighted by Crippen LogP contribution is -2.49. The molecule has 3 aromatic rings. The largest absolute Gasteiger partial charge is 0.444 e. The van der Waals surface area contributed by atoms with Crippen molar-refractivity contribution in [1.29, 1.82) is 0 Å². The zero-order chi connectivity index (χ0) is 29.0. The summed E-state index contributed by atoms with van der Waals surface area (Å²) in [6, 6.07) is 5.77. The molecule has 1 unspecified atom stereocenters. The molecule has 1 fully saturated rings. The van der Waals surface area contributed by atoms with Crippen molar-refractivity contribution < 1.29 is 23.5 Å². The smallest absolute Gasteiger partial charge is 0.407 e. The van der Waals surface area contributed by atoms with Gasteiger partial charge in [0.1, 0.15) is 22.1 Å². The summed E-state index contributed by atoms with van der Waals surface area (Å²) in [4.78, 5) is 49.8. The standard InChI is InChI=1S/C28H33FN6O4S/c1-28(2,3)39-27(38)31-18-7-6-12-35(15-18)23-10-11-30-14-21(23)32-24(36)22-16-40-25(33-22)19-13-17(8-9-20(19)29)26(37)34(4)5/h8-11,13-14,16,18H,6-7,12,15H2,1-5H3,(H,31,38)(H,32,36). The number of carbonyl (C=O) groups is 3. The van der Waals surface area contributed by atoms with Gasteiger partial charge in [-0.15, -0.1) is 11.3 Å². The number of aromatic nitrogens is 2. The number of pyridine rings is 1. The Morgan fingerprint density at radius 3 is 2.70 bits per heavy atom. The fraction of sp³-hybridized carbons (Fsp3) is 0.393. The van der Waals surface area contributed by atoms with E-state index < -0.39 is 23.4 Å². The molecule has 40 heavy (non-hydrogen) atoms. The molecule has 0 saturated carbocycles. The molecular formula is C28H33FN6O4S. The topological polar surface area (TPSA) is 117 Å². The van der Waals surface area contributed by atoms with Crippen molar-refractivity contribution in [2.45, 2.75) is 45.3 Å². The first-order chi connectivity index (χ1) is 18.9. The van der Waals surface area contributed by atoms with Crippen molar-refractivity contribution in [3.8, 4) is 10.6 Å². The minimum atomic E-state index is -0.589. The summed E-state index contributed by atoms with van der Waals surface area (Å²) in [6.07, 6.45) is 4.38. The molecule has 0 aliphatic carbocycles. The van der Waals surface area contributed by atoms with Crippen molar-refractivity contribution in [3.63, 3.8) is 0 Å². The van der Waals surface area contributed by atoms with Crippen LogP contribution in [0.2, 0.25) is 0 Å². The van der Waals surface area contributed by atoms with E-state index >= 15 is 0 Å². The third kappa shape index (κ3) is 7.12. The maximum Gasteiger partial charge on any atom is 0.407 e. The van der Waals surface area contributed by atoms with Crippen molar-refractivity contribution in [3.05, 3.63) is 59.1 Å². The summed E-state index contributed by atoms with van der Waals surface area (Å²) >= 11 is 1.11. The van der Waals surface area contributed by atoms with Crippen molar-refractivity contribution in [1.82, 2.24) is 20.2 Å². The molecule has 2 aromatic heterocycles. The Morgan fingerprint density at radius 2 is 1.98 bits per heavy atom. The zero-order valence-electron chi connectivity index (χ0n) is 23.2. The predicted molar refractivity (Wildman–Crippen MR) is 152 cm³/mol. The average molecular weight is 569 g/mol. The van der Waals surface area contributed by atoms with Crippen LogP contribution in [0, 0.1) is 5.82 Å². The second-order valence-electron chi connectivity index (χ2n) is 10.7. The molecule has 1 aliphatic heterocycles. The summed E-state index contributed by atoms with van der Waals surface area (Å²) in [5.74, 6) is -1.27. The van der Waals surface area contributed by atoms with Crippen LogP contribution in [-0.4, -0.2) is 71.6 Å². The molecule has 1 atom stereocenters. The number of nitrogens with zero attached hydrogens (tertiary/aromatic N) is 4. The summed E-state index contributed by atoms with van der Waals surface area (Å²) in [7, 11) is 3.23. The first-order valence-corrected chi connectivity index (χ1v) is 13.8. The summed E-state index contributed by atoms with van der Waals surface area (Å²) < 4.78 is 20.0. The number of hydrogen-bond donors (Lipinski definition) is 2. The normalized spacial score (nSPS) is 15.3. The number of benzene rings is 1. The SMILES string of the molecule is CN(C)C(=O)c1ccc(F)c(-c2nc(C(=O)Nc3cnccc3N3CCCC(NC(=O)OC(C)(C)C)C3)cs2)c1. The molecule has 212 valence electrons. The zero-order valence-corrected chi connectivity index (χ0v) is 24.0. The van der Waals surface area contributed by atoms with Crippen LogP contribution >= 0.6 is 11.3 Å². The molecule has 0 radical (unpaired) electrons. The van der Waals surface area contributed by atoms with Gasteiger partial charge in [-0.05, 0) is 57.9 Å². The Kier molecular flexibility index (Phi) is 8.67. The summed E-state index contributed by atoms with van der Waals surface area (Å²) in [5, 5.41) is 7.63. The fourth-order valence-corrected chi connectivity index (χ4v) is 5.13. The van der Waals surface area contributed by atoms with E-state index in [-0.39, 0.29) is 28.2 Å². The molecule has 1 aromatic carbocycles. The van der Waals surface area contributed by atoms with E-state index in [2.05, 4.69) is 25.5 Å². The van der Waals surface area contributed by atoms with Crippen molar-refractivity contribution in [2.75, 3.05) is 37.4 Å². The molecule has 12 heteroatoms. The minimum Gasteiger partial charge on any atom is -0.444 e. The van der Waals surface area contributed by atoms with Crippen LogP contribution in [0.5, 0.6) is 0 Å². The number of halogens is 1. The second kappa shape index (κ2) is 12.0. The second-order valence-corrected chi connectivity index (χ2v) is 11.6. The number of alkyl carbamates (subject to hydrolysis) is 1. The Morgan fingerprint density at radius 1 is 1.20 bits per heavy atom. The van der Waals surface area contributed by atoms with Crippen LogP contribution in [0.1, 0.15) is 54.5 Å². The number of nitrogens with one attached hydrogen (secondary N) is 2. The first-order valence-electron chi connectivity index (χ1n) is 12.9. The molecular weight excluding hydrogens is 535 g/mol. The lowest BCUT2D eigenvalue weighted by Gasteiger charge is -2.35. The number of rotatable bonds is 6. The maximum atomic E-state index is 14.6. The quantitative estimate of drug-likeness (QED) is 0.439. The third-order valence-electron chi connectivity index (χ3n) is 6.12. The molecule has 3 heterocycles. The first kappa shape index (κ1) is 28.9. The van der Waals surface area contributed by atoms with Gasteiger partial charge in [-0.2, -0.15) is 0 Å². The highest BCUT2D eigenvalue weighted by Crippen LogP contribution is 2.30. The lowest BCUT2D eigenvalue weighted by atomic mass is 10.0. The number of hydrogen-bond acceptors (Lipinski definition) is 8. The van der Waals surface area contributed by atoms with E-state index in [4.69, 9.17) is 4.74 Å². The van der Waals surface area contributed by atoms with Crippen LogP contribution in [0.3, 0.4) is 0 Å². The highest BCUT2D eigenvalue weighted by atomic mass is 32.1. The number of thiazole rings is 1. The number of piperidine rings is 1. The maximum absolute atomic E-state index is 14.6. The molecule has 10 nitrogen and oxygen atoms in total. The van der Waals surface area contributed by atoms with Crippen LogP contribution in [0.15, 0.2) is 42.0 Å². The number of anilines is 2. The van der Waals surface area contributed by atoms with E-state index in [1.807, 2.05) is 20.8 Å². The van der Waals surface area contributed by atoms with Gasteiger partial charge in [0.25, 0.3) is 11.8 Å². The van der Waals surface area contributed by atoms with E-state index in [0.29, 0.717) is 17.8 Å². The van der Waals surface area contributed by atoms with Gasteiger partial charge in [0.2, 0.25) is 0 Å². The summed E-state index contributed by atoms with van der Waals surface area (Å²) in [6.45, 7) is 6.72. The van der Waals surface area contributed by atoms with E-state index in [0.717, 1.165) is 36.4 Å². The fourth-order valence-electron chi connectivity index (χ4n) is 4.32. The Bertz CT molecular complexity index is 1400. The molecule has 0 bridgehead atoms. The van der Waals surface area contributed by atoms with Crippen molar-refractivity contribution >= 4 is 40.6 Å². The Hall–Kier alpha value is -4.06. The third-order valence-corrected chi connectivity index (χ3v) is 6.99. The van der Waals surface area contributed by atoms with Gasteiger partial charge >= 0.3 is 6.09 Å². The van der Waals surface area contributed by atoms with Gasteiger partial charge in [-0.25, -0.2) is 14.2 Å². The minimum absolute atomic E-state index is 0.113. The van der Waals surface area contributed by atoms with Crippen LogP contribution in [0.4, 0.5) is 20.6 Å². The van der Waals surface area contributed by atoms with Crippen molar-refractivity contribution in [2.24, 2.45) is 0 Å². The van der Waals surface area contributed by atoms with Crippen LogP contribution in [0.25, 0.3) is 10.6 Å². The molecule has 2 N–H and O–H groups in total. The van der Waals surface area contributed by atoms with Gasteiger partial charge in [0.05, 0.1) is 17.6 Å². The van der Waals surface area contributed by atoms with Gasteiger partial charge in [-0.1, -0.05) is 0 Å². The van der Waals surface area contributed by atoms with Gasteiger partial charge in [0, 0.05) is 55.9 Å². The predicted octanol–water partition coefficient (Wildman–Crippen LogP) is 4.79. The molecule has 4 rings (SSSR count). The highest BCUT2D eigenvalue weighted by Gasteiger charge is 2.26. The van der Waals surface area contributed by atoms with Crippen LogP contribution < -0.4 is 15.5 Å². The van der Waals surface area contributed by atoms with Crippen LogP contribution in [-0.2, 0) is 4.74 Å². The highest BCUT2D eigenvalue weighted by molar-refractivity contribution is 7.13. The number of carbonyl (C=O) groups excluding carboxylic acids is 3. The van der Waals surface area contributed by atoms with Gasteiger partial charge in [0.15, 0.2) is 0 Å². The lowest BCUT2D eigenvalue weighted by molar-refractivity contribution is 0.0499. The average Bonchev–Trinajstić information content (AvgIpc) is 3.38. The molecule has 1 aliphatic rings. The monoisotopic (exact) mass is 568 g/mol. The Balaban J connectivity index is 1.48. The molecule has 0 spiro atoms. The number of amides is 3. The number of ether oxygens (including phenoxy) is 1. The van der Waals surface area contributed by atoms with E-state index in [1.165, 1.54) is 23.1 Å². The van der Waals surface area contributed by atoms with E-state index in [1.54, 1.807) is 37.9 Å². The van der Waals surface area contributed by atoms with E-state index in [9.17, 15) is 18.8 Å². The Labute approximate surface area is 236 Å². The van der Waals surface area contributed by atoms with Gasteiger partial charge in [-0.3, -0.25) is 14.6 Å². The molecule has 3 amide bonds. The summed E-state index contributed by atoms with van der Waals surface area (Å²) in [5.41, 5.74) is 1.25. The molecule has 1 saturated heterocycles.